The molecule has 0 aromatic heterocycles. The number of hydrogen-bond donors (Lipinski definition) is 2. The van der Waals surface area contributed by atoms with Crippen molar-refractivity contribution >= 4 is 23.9 Å². The van der Waals surface area contributed by atoms with Crippen molar-refractivity contribution in [2.75, 3.05) is 6.54 Å². The molecule has 0 heterocycles. The van der Waals surface area contributed by atoms with Crippen LogP contribution in [-0.4, -0.2) is 42.0 Å². The Kier molecular flexibility index (Phi) is 14.1. The van der Waals surface area contributed by atoms with Crippen LogP contribution < -0.4 is 61.0 Å². The molecule has 1 unspecified atom stereocenters. The number of nitrogens with one attached hydrogen (secondary N) is 1. The van der Waals surface area contributed by atoms with Gasteiger partial charge in [-0.05, 0) is 0 Å². The molecule has 0 aliphatic heterocycles. The summed E-state index contributed by atoms with van der Waals surface area (Å²) in [5.41, 5.74) is 3.39. The van der Waals surface area contributed by atoms with Crippen molar-refractivity contribution in [1.82, 2.24) is 5.32 Å². The van der Waals surface area contributed by atoms with Gasteiger partial charge in [-0.2, -0.15) is 0 Å². The second-order valence-corrected chi connectivity index (χ2v) is 4.16. The Morgan fingerprint density at radius 3 is 1.59 bits per heavy atom. The van der Waals surface area contributed by atoms with Gasteiger partial charge in [-0.15, -0.1) is 0 Å². The molecule has 1 atom stereocenters. The standard InChI is InChI=1S/C10H16N2O8.Fe.Na/c11-5(1-6(13)14)10(2-7(15)16,3-8(17)18)12-4-9(19)20;;/h5,12H,1-4,11H2,(H,13,14)(H,15,16)(H,17,18)(H,19,20);;/q;+3;+1/p-4. The van der Waals surface area contributed by atoms with Crippen LogP contribution >= 0.6 is 0 Å². The largest absolute Gasteiger partial charge is 3.00 e. The van der Waals surface area contributed by atoms with E-state index in [1.165, 1.54) is 0 Å². The normalized spacial score (nSPS) is 11.5. The van der Waals surface area contributed by atoms with Gasteiger partial charge in [0.2, 0.25) is 0 Å². The smallest absolute Gasteiger partial charge is 0.550 e. The van der Waals surface area contributed by atoms with Crippen LogP contribution in [0.5, 0.6) is 0 Å². The maximum atomic E-state index is 10.7. The van der Waals surface area contributed by atoms with Crippen molar-refractivity contribution in [3.63, 3.8) is 0 Å². The number of aliphatic carboxylic acids is 4. The molecule has 12 heteroatoms. The van der Waals surface area contributed by atoms with Crippen LogP contribution in [0.4, 0.5) is 0 Å². The second-order valence-electron chi connectivity index (χ2n) is 4.16. The van der Waals surface area contributed by atoms with Crippen molar-refractivity contribution in [2.24, 2.45) is 5.73 Å². The molecular formula is C10H12FeN2NaO8. The summed E-state index contributed by atoms with van der Waals surface area (Å²) in [6, 6.07) is -1.55. The summed E-state index contributed by atoms with van der Waals surface area (Å²) in [4.78, 5) is 42.3. The minimum atomic E-state index is -2.07. The molecule has 0 spiro atoms. The molecule has 0 aromatic rings. The maximum Gasteiger partial charge on any atom is 3.00 e. The minimum absolute atomic E-state index is 0. The second kappa shape index (κ2) is 11.8. The van der Waals surface area contributed by atoms with Gasteiger partial charge in [0.05, 0.1) is 5.97 Å². The Balaban J connectivity index is -0.00000180. The summed E-state index contributed by atoms with van der Waals surface area (Å²) in [6.07, 6.45) is -2.94. The fourth-order valence-corrected chi connectivity index (χ4v) is 1.72. The Hall–Kier alpha value is -0.681. The summed E-state index contributed by atoms with van der Waals surface area (Å²) < 4.78 is 0. The average molecular weight is 367 g/mol. The monoisotopic (exact) mass is 367 g/mol. The first-order chi connectivity index (χ1) is 9.09. The van der Waals surface area contributed by atoms with Crippen molar-refractivity contribution in [1.29, 1.82) is 0 Å². The third-order valence-electron chi connectivity index (χ3n) is 2.60. The van der Waals surface area contributed by atoms with Crippen LogP contribution in [0.1, 0.15) is 19.3 Å². The van der Waals surface area contributed by atoms with Crippen molar-refractivity contribution < 1.29 is 86.2 Å². The van der Waals surface area contributed by atoms with Gasteiger partial charge in [-0.25, -0.2) is 0 Å². The van der Waals surface area contributed by atoms with Crippen molar-refractivity contribution in [3.05, 3.63) is 0 Å². The first kappa shape index (κ1) is 26.2. The van der Waals surface area contributed by atoms with Gasteiger partial charge < -0.3 is 50.7 Å². The van der Waals surface area contributed by atoms with Crippen LogP contribution in [0, 0.1) is 0 Å². The molecule has 0 amide bonds. The van der Waals surface area contributed by atoms with E-state index < -0.39 is 61.3 Å². The van der Waals surface area contributed by atoms with Crippen molar-refractivity contribution in [2.45, 2.75) is 30.8 Å². The number of nitrogens with two attached hydrogens (primary N) is 1. The number of carboxylic acids is 4. The molecule has 0 saturated heterocycles. The van der Waals surface area contributed by atoms with E-state index in [1.54, 1.807) is 0 Å². The maximum absolute atomic E-state index is 10.7. The zero-order valence-electron chi connectivity index (χ0n) is 11.6. The quantitative estimate of drug-likeness (QED) is 0.349. The number of hydrogen-bond acceptors (Lipinski definition) is 10. The molecule has 119 valence electrons. The SMILES string of the molecule is NC(CC(=O)[O-])C(CC(=O)[O-])(CC(=O)[O-])NCC(=O)[O-].[Fe+3].[Na+]. The third-order valence-corrected chi connectivity index (χ3v) is 2.60. The predicted octanol–water partition coefficient (Wildman–Crippen LogP) is -10.2. The molecule has 0 aliphatic rings. The summed E-state index contributed by atoms with van der Waals surface area (Å²) >= 11 is 0. The van der Waals surface area contributed by atoms with E-state index in [1.807, 2.05) is 0 Å². The van der Waals surface area contributed by atoms with Crippen LogP contribution in [0.2, 0.25) is 0 Å². The van der Waals surface area contributed by atoms with Crippen LogP contribution in [-0.2, 0) is 36.2 Å². The Morgan fingerprint density at radius 2 is 1.32 bits per heavy atom. The number of rotatable bonds is 10. The van der Waals surface area contributed by atoms with Gasteiger partial charge in [-0.1, -0.05) is 0 Å². The summed E-state index contributed by atoms with van der Waals surface area (Å²) in [6.45, 7) is -0.929. The van der Waals surface area contributed by atoms with Gasteiger partial charge in [0.1, 0.15) is 0 Å². The molecule has 0 bridgehead atoms. The Bertz CT molecular complexity index is 404. The summed E-state index contributed by atoms with van der Waals surface area (Å²) in [5, 5.41) is 44.3. The van der Waals surface area contributed by atoms with Crippen LogP contribution in [0.15, 0.2) is 0 Å². The molecule has 1 radical (unpaired) electrons. The fraction of sp³-hybridized carbons (Fsp3) is 0.600. The molecule has 0 aliphatic carbocycles. The van der Waals surface area contributed by atoms with E-state index in [4.69, 9.17) is 5.73 Å². The number of carbonyl (C=O) groups excluding carboxylic acids is 4. The molecule has 3 N–H and O–H groups in total. The Labute approximate surface area is 158 Å². The predicted molar refractivity (Wildman–Crippen MR) is 52.6 cm³/mol. The van der Waals surface area contributed by atoms with Crippen LogP contribution in [0.3, 0.4) is 0 Å². The van der Waals surface area contributed by atoms with E-state index in [-0.39, 0.29) is 46.6 Å². The number of carbonyl (C=O) groups is 4. The molecule has 0 rings (SSSR count). The first-order valence-corrected chi connectivity index (χ1v) is 5.39. The van der Waals surface area contributed by atoms with Gasteiger partial charge in [0.25, 0.3) is 0 Å². The van der Waals surface area contributed by atoms with Gasteiger partial charge in [-0.3, -0.25) is 0 Å². The van der Waals surface area contributed by atoms with Gasteiger partial charge >= 0.3 is 46.6 Å². The summed E-state index contributed by atoms with van der Waals surface area (Å²) in [5.74, 6) is -6.81. The van der Waals surface area contributed by atoms with Gasteiger partial charge in [0.15, 0.2) is 0 Å². The van der Waals surface area contributed by atoms with Crippen molar-refractivity contribution in [3.8, 4) is 0 Å². The summed E-state index contributed by atoms with van der Waals surface area (Å²) in [7, 11) is 0. The molecular weight excluding hydrogens is 355 g/mol. The van der Waals surface area contributed by atoms with E-state index in [0.717, 1.165) is 0 Å². The Morgan fingerprint density at radius 1 is 0.909 bits per heavy atom. The molecule has 0 aromatic carbocycles. The molecule has 22 heavy (non-hydrogen) atoms. The molecule has 10 nitrogen and oxygen atoms in total. The van der Waals surface area contributed by atoms with E-state index in [2.05, 4.69) is 5.32 Å². The fourth-order valence-electron chi connectivity index (χ4n) is 1.72. The minimum Gasteiger partial charge on any atom is -0.550 e. The zero-order valence-corrected chi connectivity index (χ0v) is 14.7. The first-order valence-electron chi connectivity index (χ1n) is 5.39. The van der Waals surface area contributed by atoms with Gasteiger partial charge in [0, 0.05) is 55.3 Å². The number of carboxylic acid groups (broad SMARTS) is 4. The van der Waals surface area contributed by atoms with Crippen LogP contribution in [0.25, 0.3) is 0 Å². The van der Waals surface area contributed by atoms with E-state index in [9.17, 15) is 39.6 Å². The van der Waals surface area contributed by atoms with E-state index >= 15 is 0 Å². The average Bonchev–Trinajstić information content (AvgIpc) is 2.23. The molecule has 0 saturated carbocycles. The molecule has 0 fully saturated rings. The topological polar surface area (TPSA) is 199 Å². The zero-order chi connectivity index (χ0) is 15.9. The van der Waals surface area contributed by atoms with E-state index in [0.29, 0.717) is 0 Å². The third kappa shape index (κ3) is 10.1.